The van der Waals surface area contributed by atoms with E-state index in [-0.39, 0.29) is 12.5 Å². The van der Waals surface area contributed by atoms with Gasteiger partial charge in [-0.05, 0) is 54.6 Å². The number of para-hydroxylation sites is 2. The summed E-state index contributed by atoms with van der Waals surface area (Å²) in [6, 6.07) is 19.6. The zero-order valence-electron chi connectivity index (χ0n) is 14.5. The summed E-state index contributed by atoms with van der Waals surface area (Å²) in [5.41, 5.74) is 2.98. The first-order valence-corrected chi connectivity index (χ1v) is 9.18. The van der Waals surface area contributed by atoms with E-state index < -0.39 is 0 Å². The van der Waals surface area contributed by atoms with Crippen LogP contribution in [0, 0.1) is 0 Å². The Labute approximate surface area is 170 Å². The SMILES string of the molecule is O=C(COc1ccc(Cl)cc1Cl)Nc1ccc(-c2nc3ccccc3o2)cc1. The fourth-order valence-corrected chi connectivity index (χ4v) is 3.09. The number of hydrogen-bond acceptors (Lipinski definition) is 4. The van der Waals surface area contributed by atoms with Gasteiger partial charge in [0.15, 0.2) is 12.2 Å². The number of oxazole rings is 1. The van der Waals surface area contributed by atoms with Crippen LogP contribution in [0.1, 0.15) is 0 Å². The average molecular weight is 413 g/mol. The number of hydrogen-bond donors (Lipinski definition) is 1. The van der Waals surface area contributed by atoms with Gasteiger partial charge >= 0.3 is 0 Å². The van der Waals surface area contributed by atoms with Crippen molar-refractivity contribution in [3.05, 3.63) is 76.8 Å². The number of amides is 1. The van der Waals surface area contributed by atoms with Crippen molar-refractivity contribution < 1.29 is 13.9 Å². The number of ether oxygens (including phenoxy) is 1. The molecule has 1 amide bonds. The number of anilines is 1. The molecule has 1 heterocycles. The molecule has 0 aliphatic heterocycles. The summed E-state index contributed by atoms with van der Waals surface area (Å²) in [7, 11) is 0. The first-order chi connectivity index (χ1) is 13.6. The molecule has 0 fully saturated rings. The summed E-state index contributed by atoms with van der Waals surface area (Å²) in [5, 5.41) is 3.61. The monoisotopic (exact) mass is 412 g/mol. The van der Waals surface area contributed by atoms with Gasteiger partial charge < -0.3 is 14.5 Å². The van der Waals surface area contributed by atoms with E-state index in [0.717, 1.165) is 16.7 Å². The standard InChI is InChI=1S/C21H14Cl2N2O3/c22-14-7-10-18(16(23)11-14)27-12-20(26)24-15-8-5-13(6-9-15)21-25-17-3-1-2-4-19(17)28-21/h1-11H,12H2,(H,24,26). The molecule has 28 heavy (non-hydrogen) atoms. The van der Waals surface area contributed by atoms with Crippen LogP contribution in [-0.2, 0) is 4.79 Å². The van der Waals surface area contributed by atoms with Crippen molar-refractivity contribution in [2.45, 2.75) is 0 Å². The topological polar surface area (TPSA) is 64.4 Å². The van der Waals surface area contributed by atoms with E-state index in [0.29, 0.717) is 27.4 Å². The van der Waals surface area contributed by atoms with Crippen molar-refractivity contribution >= 4 is 45.9 Å². The van der Waals surface area contributed by atoms with Crippen molar-refractivity contribution in [2.24, 2.45) is 0 Å². The van der Waals surface area contributed by atoms with Gasteiger partial charge in [0.1, 0.15) is 11.3 Å². The lowest BCUT2D eigenvalue weighted by atomic mass is 10.2. The average Bonchev–Trinajstić information content (AvgIpc) is 3.12. The van der Waals surface area contributed by atoms with E-state index in [1.54, 1.807) is 30.3 Å². The van der Waals surface area contributed by atoms with E-state index in [1.807, 2.05) is 36.4 Å². The van der Waals surface area contributed by atoms with E-state index in [4.69, 9.17) is 32.4 Å². The second-order valence-corrected chi connectivity index (χ2v) is 6.82. The van der Waals surface area contributed by atoms with Gasteiger partial charge in [-0.25, -0.2) is 4.98 Å². The van der Waals surface area contributed by atoms with Gasteiger partial charge in [-0.3, -0.25) is 4.79 Å². The zero-order valence-corrected chi connectivity index (χ0v) is 16.0. The smallest absolute Gasteiger partial charge is 0.262 e. The second kappa shape index (κ2) is 7.92. The number of fused-ring (bicyclic) bond motifs is 1. The maximum Gasteiger partial charge on any atom is 0.262 e. The largest absolute Gasteiger partial charge is 0.482 e. The Bertz CT molecular complexity index is 1110. The van der Waals surface area contributed by atoms with Crippen molar-refractivity contribution in [3.63, 3.8) is 0 Å². The number of nitrogens with one attached hydrogen (secondary N) is 1. The molecule has 0 aliphatic rings. The van der Waals surface area contributed by atoms with Crippen molar-refractivity contribution in [1.29, 1.82) is 0 Å². The maximum absolute atomic E-state index is 12.1. The third kappa shape index (κ3) is 4.11. The van der Waals surface area contributed by atoms with Gasteiger partial charge in [-0.15, -0.1) is 0 Å². The molecule has 4 rings (SSSR count). The molecular weight excluding hydrogens is 399 g/mol. The van der Waals surface area contributed by atoms with Crippen LogP contribution in [0.25, 0.3) is 22.6 Å². The Kier molecular flexibility index (Phi) is 5.19. The molecule has 0 atom stereocenters. The number of rotatable bonds is 5. The molecule has 0 saturated heterocycles. The number of benzene rings is 3. The minimum absolute atomic E-state index is 0.172. The summed E-state index contributed by atoms with van der Waals surface area (Å²) in [5.74, 6) is 0.618. The molecule has 5 nitrogen and oxygen atoms in total. The molecule has 0 aliphatic carbocycles. The minimum atomic E-state index is -0.305. The number of carbonyl (C=O) groups excluding carboxylic acids is 1. The third-order valence-corrected chi connectivity index (χ3v) is 4.49. The molecule has 4 aromatic rings. The van der Waals surface area contributed by atoms with Crippen molar-refractivity contribution in [2.75, 3.05) is 11.9 Å². The molecule has 7 heteroatoms. The highest BCUT2D eigenvalue weighted by Gasteiger charge is 2.10. The van der Waals surface area contributed by atoms with Crippen LogP contribution < -0.4 is 10.1 Å². The summed E-state index contributed by atoms with van der Waals surface area (Å²) in [6.07, 6.45) is 0. The Morgan fingerprint density at radius 2 is 1.82 bits per heavy atom. The molecule has 1 N–H and O–H groups in total. The first-order valence-electron chi connectivity index (χ1n) is 8.42. The molecule has 0 bridgehead atoms. The predicted octanol–water partition coefficient (Wildman–Crippen LogP) is 5.82. The summed E-state index contributed by atoms with van der Waals surface area (Å²) >= 11 is 11.9. The molecule has 1 aromatic heterocycles. The van der Waals surface area contributed by atoms with Gasteiger partial charge in [0.25, 0.3) is 5.91 Å². The molecule has 0 unspecified atom stereocenters. The maximum atomic E-state index is 12.1. The van der Waals surface area contributed by atoms with Crippen LogP contribution >= 0.6 is 23.2 Å². The van der Waals surface area contributed by atoms with Crippen LogP contribution in [-0.4, -0.2) is 17.5 Å². The normalized spacial score (nSPS) is 10.8. The van der Waals surface area contributed by atoms with Crippen LogP contribution in [0.4, 0.5) is 5.69 Å². The van der Waals surface area contributed by atoms with E-state index in [2.05, 4.69) is 10.3 Å². The van der Waals surface area contributed by atoms with Gasteiger partial charge in [0, 0.05) is 16.3 Å². The summed E-state index contributed by atoms with van der Waals surface area (Å²) in [4.78, 5) is 16.6. The fraction of sp³-hybridized carbons (Fsp3) is 0.0476. The highest BCUT2D eigenvalue weighted by atomic mass is 35.5. The van der Waals surface area contributed by atoms with E-state index in [1.165, 1.54) is 0 Å². The molecular formula is C21H14Cl2N2O3. The quantitative estimate of drug-likeness (QED) is 0.448. The lowest BCUT2D eigenvalue weighted by molar-refractivity contribution is -0.118. The number of aromatic nitrogens is 1. The van der Waals surface area contributed by atoms with Gasteiger partial charge in [0.2, 0.25) is 5.89 Å². The van der Waals surface area contributed by atoms with Gasteiger partial charge in [-0.1, -0.05) is 35.3 Å². The Morgan fingerprint density at radius 1 is 1.04 bits per heavy atom. The first kappa shape index (κ1) is 18.3. The zero-order chi connectivity index (χ0) is 19.5. The van der Waals surface area contributed by atoms with Crippen LogP contribution in [0.5, 0.6) is 5.75 Å². The van der Waals surface area contributed by atoms with Gasteiger partial charge in [-0.2, -0.15) is 0 Å². The molecule has 0 spiro atoms. The molecule has 3 aromatic carbocycles. The lowest BCUT2D eigenvalue weighted by Gasteiger charge is -2.09. The van der Waals surface area contributed by atoms with Crippen molar-refractivity contribution in [3.8, 4) is 17.2 Å². The minimum Gasteiger partial charge on any atom is -0.482 e. The predicted molar refractivity (Wildman–Crippen MR) is 110 cm³/mol. The highest BCUT2D eigenvalue weighted by molar-refractivity contribution is 6.35. The number of nitrogens with zero attached hydrogens (tertiary/aromatic N) is 1. The Morgan fingerprint density at radius 3 is 2.57 bits per heavy atom. The molecule has 0 radical (unpaired) electrons. The second-order valence-electron chi connectivity index (χ2n) is 5.98. The summed E-state index contributed by atoms with van der Waals surface area (Å²) in [6.45, 7) is -0.172. The Hall–Kier alpha value is -3.02. The molecule has 0 saturated carbocycles. The molecule has 140 valence electrons. The highest BCUT2D eigenvalue weighted by Crippen LogP contribution is 2.28. The van der Waals surface area contributed by atoms with Gasteiger partial charge in [0.05, 0.1) is 5.02 Å². The lowest BCUT2D eigenvalue weighted by Crippen LogP contribution is -2.20. The van der Waals surface area contributed by atoms with Crippen LogP contribution in [0.2, 0.25) is 10.0 Å². The van der Waals surface area contributed by atoms with Crippen LogP contribution in [0.3, 0.4) is 0 Å². The van der Waals surface area contributed by atoms with E-state index in [9.17, 15) is 4.79 Å². The van der Waals surface area contributed by atoms with Crippen molar-refractivity contribution in [1.82, 2.24) is 4.98 Å². The van der Waals surface area contributed by atoms with Crippen LogP contribution in [0.15, 0.2) is 71.1 Å². The third-order valence-electron chi connectivity index (χ3n) is 3.96. The number of halogens is 2. The Balaban J connectivity index is 1.39. The number of carbonyl (C=O) groups is 1. The van der Waals surface area contributed by atoms with E-state index >= 15 is 0 Å². The summed E-state index contributed by atoms with van der Waals surface area (Å²) < 4.78 is 11.2. The fourth-order valence-electron chi connectivity index (χ4n) is 2.62.